The summed E-state index contributed by atoms with van der Waals surface area (Å²) in [5.74, 6) is -0.669. The molecule has 7 heteroatoms. The third-order valence-electron chi connectivity index (χ3n) is 1.89. The number of aromatic nitrogens is 1. The molecule has 1 N–H and O–H groups in total. The van der Waals surface area contributed by atoms with Gasteiger partial charge in [-0.2, -0.15) is 0 Å². The van der Waals surface area contributed by atoms with Crippen molar-refractivity contribution in [1.82, 2.24) is 4.98 Å². The number of rotatable bonds is 3. The highest BCUT2D eigenvalue weighted by atomic mass is 35.5. The lowest BCUT2D eigenvalue weighted by Gasteiger charge is -2.05. The summed E-state index contributed by atoms with van der Waals surface area (Å²) in [6.45, 7) is 0. The summed E-state index contributed by atoms with van der Waals surface area (Å²) in [4.78, 5) is 24.4. The number of methoxy groups -OCH3 is 1. The van der Waals surface area contributed by atoms with Gasteiger partial charge in [-0.25, -0.2) is 8.78 Å². The second kappa shape index (κ2) is 5.07. The number of pyridine rings is 1. The van der Waals surface area contributed by atoms with Crippen LogP contribution in [0.25, 0.3) is 0 Å². The summed E-state index contributed by atoms with van der Waals surface area (Å²) in [6.07, 6.45) is -3.17. The Morgan fingerprint density at radius 3 is 2.69 bits per heavy atom. The van der Waals surface area contributed by atoms with Crippen molar-refractivity contribution in [3.05, 3.63) is 32.7 Å². The maximum absolute atomic E-state index is 12.3. The van der Waals surface area contributed by atoms with Gasteiger partial charge in [0.1, 0.15) is 5.15 Å². The second-order valence-corrected chi connectivity index (χ2v) is 3.31. The first-order valence-electron chi connectivity index (χ1n) is 4.22. The van der Waals surface area contributed by atoms with E-state index in [2.05, 4.69) is 9.72 Å². The number of carbonyl (C=O) groups is 1. The summed E-state index contributed by atoms with van der Waals surface area (Å²) in [6, 6.07) is 0.717. The van der Waals surface area contributed by atoms with E-state index in [1.54, 1.807) is 0 Å². The highest BCUT2D eigenvalue weighted by molar-refractivity contribution is 6.30. The van der Waals surface area contributed by atoms with Crippen molar-refractivity contribution in [2.75, 3.05) is 7.11 Å². The minimum absolute atomic E-state index is 0.0853. The van der Waals surface area contributed by atoms with E-state index < -0.39 is 23.5 Å². The summed E-state index contributed by atoms with van der Waals surface area (Å²) in [5.41, 5.74) is -1.38. The number of esters is 1. The van der Waals surface area contributed by atoms with Gasteiger partial charge in [0, 0.05) is 11.6 Å². The second-order valence-electron chi connectivity index (χ2n) is 2.94. The molecule has 0 saturated carbocycles. The molecule has 0 aliphatic rings. The largest absolute Gasteiger partial charge is 0.469 e. The van der Waals surface area contributed by atoms with Crippen LogP contribution in [-0.4, -0.2) is 18.1 Å². The van der Waals surface area contributed by atoms with Crippen LogP contribution in [-0.2, 0) is 16.0 Å². The molecule has 16 heavy (non-hydrogen) atoms. The van der Waals surface area contributed by atoms with Crippen molar-refractivity contribution < 1.29 is 18.3 Å². The molecule has 1 aromatic rings. The van der Waals surface area contributed by atoms with E-state index in [9.17, 15) is 18.4 Å². The molecular formula is C9H8ClF2NO3. The van der Waals surface area contributed by atoms with Crippen molar-refractivity contribution in [2.24, 2.45) is 0 Å². The van der Waals surface area contributed by atoms with E-state index in [-0.39, 0.29) is 17.1 Å². The van der Waals surface area contributed by atoms with Crippen LogP contribution in [0.1, 0.15) is 17.7 Å². The predicted octanol–water partition coefficient (Wildman–Crippen LogP) is 1.68. The lowest BCUT2D eigenvalue weighted by atomic mass is 10.2. The van der Waals surface area contributed by atoms with Gasteiger partial charge < -0.3 is 9.72 Å². The molecule has 0 aliphatic heterocycles. The molecule has 1 heterocycles. The molecule has 0 fully saturated rings. The Labute approximate surface area is 94.2 Å². The maximum atomic E-state index is 12.3. The van der Waals surface area contributed by atoms with Crippen LogP contribution >= 0.6 is 11.6 Å². The number of nitrogens with one attached hydrogen (secondary N) is 1. The molecule has 0 bridgehead atoms. The van der Waals surface area contributed by atoms with E-state index in [0.29, 0.717) is 0 Å². The van der Waals surface area contributed by atoms with E-state index >= 15 is 0 Å². The van der Waals surface area contributed by atoms with Crippen molar-refractivity contribution in [3.8, 4) is 0 Å². The summed E-state index contributed by atoms with van der Waals surface area (Å²) >= 11 is 5.58. The van der Waals surface area contributed by atoms with Crippen molar-refractivity contribution in [1.29, 1.82) is 0 Å². The molecule has 0 aliphatic carbocycles. The molecule has 0 unspecified atom stereocenters. The van der Waals surface area contributed by atoms with Gasteiger partial charge in [0.25, 0.3) is 6.43 Å². The summed E-state index contributed by atoms with van der Waals surface area (Å²) in [5, 5.41) is -0.270. The average molecular weight is 252 g/mol. The first kappa shape index (κ1) is 12.6. The first-order chi connectivity index (χ1) is 7.45. The van der Waals surface area contributed by atoms with Gasteiger partial charge in [0.15, 0.2) is 5.43 Å². The Morgan fingerprint density at radius 1 is 1.62 bits per heavy atom. The van der Waals surface area contributed by atoms with E-state index in [0.717, 1.165) is 13.2 Å². The monoisotopic (exact) mass is 251 g/mol. The molecule has 0 radical (unpaired) electrons. The molecule has 0 atom stereocenters. The van der Waals surface area contributed by atoms with E-state index in [1.807, 2.05) is 0 Å². The number of H-pyrrole nitrogens is 1. The Kier molecular flexibility index (Phi) is 4.00. The Balaban J connectivity index is 3.13. The zero-order chi connectivity index (χ0) is 12.3. The number of hydrogen-bond acceptors (Lipinski definition) is 3. The van der Waals surface area contributed by atoms with E-state index in [1.165, 1.54) is 0 Å². The lowest BCUT2D eigenvalue weighted by Crippen LogP contribution is -2.17. The van der Waals surface area contributed by atoms with Gasteiger partial charge in [0.05, 0.1) is 19.2 Å². The number of alkyl halides is 2. The Morgan fingerprint density at radius 2 is 2.25 bits per heavy atom. The van der Waals surface area contributed by atoms with Crippen molar-refractivity contribution in [3.63, 3.8) is 0 Å². The Hall–Kier alpha value is -1.43. The summed E-state index contributed by atoms with van der Waals surface area (Å²) < 4.78 is 28.9. The molecule has 0 spiro atoms. The number of aromatic amines is 1. The van der Waals surface area contributed by atoms with Gasteiger partial charge in [-0.3, -0.25) is 9.59 Å². The average Bonchev–Trinajstić information content (AvgIpc) is 2.22. The minimum Gasteiger partial charge on any atom is -0.469 e. The quantitative estimate of drug-likeness (QED) is 0.657. The fourth-order valence-electron chi connectivity index (χ4n) is 1.07. The molecule has 4 nitrogen and oxygen atoms in total. The fraction of sp³-hybridized carbons (Fsp3) is 0.333. The lowest BCUT2D eigenvalue weighted by molar-refractivity contribution is -0.139. The van der Waals surface area contributed by atoms with Gasteiger partial charge in [-0.05, 0) is 0 Å². The van der Waals surface area contributed by atoms with Crippen LogP contribution in [0.5, 0.6) is 0 Å². The van der Waals surface area contributed by atoms with Crippen LogP contribution in [0.3, 0.4) is 0 Å². The third-order valence-corrected chi connectivity index (χ3v) is 2.21. The number of ether oxygens (including phenoxy) is 1. The zero-order valence-corrected chi connectivity index (χ0v) is 8.98. The standard InChI is InChI=1S/C9H8ClF2NO3/c1-16-7(15)2-4-6(14)3-5(9(11)12)13-8(4)10/h3,9H,2H2,1H3,(H,13,14). The van der Waals surface area contributed by atoms with Crippen LogP contribution in [0.4, 0.5) is 8.78 Å². The smallest absolute Gasteiger partial charge is 0.310 e. The summed E-state index contributed by atoms with van der Waals surface area (Å²) in [7, 11) is 1.15. The first-order valence-corrected chi connectivity index (χ1v) is 4.60. The third kappa shape index (κ3) is 2.79. The number of hydrogen-bond donors (Lipinski definition) is 1. The van der Waals surface area contributed by atoms with E-state index in [4.69, 9.17) is 11.6 Å². The number of halogens is 3. The van der Waals surface area contributed by atoms with Crippen LogP contribution in [0.15, 0.2) is 10.9 Å². The molecular weight excluding hydrogens is 244 g/mol. The Bertz CT molecular complexity index is 459. The fourth-order valence-corrected chi connectivity index (χ4v) is 1.34. The van der Waals surface area contributed by atoms with Crippen LogP contribution < -0.4 is 5.43 Å². The maximum Gasteiger partial charge on any atom is 0.310 e. The van der Waals surface area contributed by atoms with Crippen LogP contribution in [0, 0.1) is 0 Å². The highest BCUT2D eigenvalue weighted by Gasteiger charge is 2.16. The molecule has 0 saturated heterocycles. The zero-order valence-electron chi connectivity index (χ0n) is 8.22. The van der Waals surface area contributed by atoms with Gasteiger partial charge in [0.2, 0.25) is 0 Å². The van der Waals surface area contributed by atoms with Gasteiger partial charge in [-0.15, -0.1) is 0 Å². The molecule has 0 aromatic carbocycles. The molecule has 0 amide bonds. The molecule has 1 aromatic heterocycles. The highest BCUT2D eigenvalue weighted by Crippen LogP contribution is 2.18. The number of carbonyl (C=O) groups excluding carboxylic acids is 1. The minimum atomic E-state index is -2.82. The van der Waals surface area contributed by atoms with Gasteiger partial charge in [-0.1, -0.05) is 11.6 Å². The van der Waals surface area contributed by atoms with Gasteiger partial charge >= 0.3 is 5.97 Å². The molecule has 88 valence electrons. The predicted molar refractivity (Wildman–Crippen MR) is 52.7 cm³/mol. The van der Waals surface area contributed by atoms with Crippen molar-refractivity contribution >= 4 is 17.6 Å². The SMILES string of the molecule is COC(=O)Cc1c(Cl)[nH]c(C(F)F)cc1=O. The normalized spacial score (nSPS) is 10.6. The molecule has 1 rings (SSSR count). The van der Waals surface area contributed by atoms with Crippen LogP contribution in [0.2, 0.25) is 5.15 Å². The van der Waals surface area contributed by atoms with Crippen molar-refractivity contribution in [2.45, 2.75) is 12.8 Å². The topological polar surface area (TPSA) is 59.2 Å².